The zero-order valence-electron chi connectivity index (χ0n) is 37.5. The Morgan fingerprint density at radius 2 is 1.10 bits per heavy atom. The average Bonchev–Trinajstić information content (AvgIpc) is 3.21. The summed E-state index contributed by atoms with van der Waals surface area (Å²) in [4.78, 5) is 37.8. The normalized spacial score (nSPS) is 13.6. The second kappa shape index (κ2) is 27.1. The molecule has 0 saturated heterocycles. The molecular formula is C50H76NO8P. The third-order valence-electron chi connectivity index (χ3n) is 11.6. The van der Waals surface area contributed by atoms with Crippen molar-refractivity contribution in [1.29, 1.82) is 0 Å². The van der Waals surface area contributed by atoms with Gasteiger partial charge in [0.1, 0.15) is 19.8 Å². The summed E-state index contributed by atoms with van der Waals surface area (Å²) in [5, 5.41) is 8.01. The highest BCUT2D eigenvalue weighted by Crippen LogP contribution is 2.39. The third-order valence-corrected chi connectivity index (χ3v) is 12.6. The van der Waals surface area contributed by atoms with Gasteiger partial charge in [0.25, 0.3) is 7.82 Å². The van der Waals surface area contributed by atoms with E-state index in [9.17, 15) is 19.0 Å². The van der Waals surface area contributed by atoms with Crippen LogP contribution in [0, 0.1) is 0 Å². The second-order valence-corrected chi connectivity index (χ2v) is 19.3. The van der Waals surface area contributed by atoms with Gasteiger partial charge in [0.05, 0.1) is 27.7 Å². The van der Waals surface area contributed by atoms with Gasteiger partial charge in [0, 0.05) is 12.8 Å². The SMILES string of the molecule is CCCCCCCCCCCCCCCC(=O)OCC(COP(=O)([O-])OCC[N+](C)(C)C)OC(=O)CCCCCCCCCc1ccc2ccc3cccc4ccc1c2c34. The van der Waals surface area contributed by atoms with Crippen LogP contribution in [0.4, 0.5) is 0 Å². The fourth-order valence-corrected chi connectivity index (χ4v) is 8.76. The lowest BCUT2D eigenvalue weighted by Gasteiger charge is -2.28. The number of ether oxygens (including phenoxy) is 2. The summed E-state index contributed by atoms with van der Waals surface area (Å²) in [6.45, 7) is 1.93. The Hall–Kier alpha value is -3.07. The first kappa shape index (κ1) is 49.6. The first-order chi connectivity index (χ1) is 29.0. The molecule has 60 heavy (non-hydrogen) atoms. The highest BCUT2D eigenvalue weighted by Gasteiger charge is 2.22. The molecule has 0 aliphatic rings. The van der Waals surface area contributed by atoms with Crippen molar-refractivity contribution < 1.29 is 42.1 Å². The van der Waals surface area contributed by atoms with Gasteiger partial charge in [-0.05, 0) is 63.6 Å². The van der Waals surface area contributed by atoms with Crippen LogP contribution >= 0.6 is 7.82 Å². The first-order valence-electron chi connectivity index (χ1n) is 23.4. The Morgan fingerprint density at radius 1 is 0.600 bits per heavy atom. The molecule has 0 spiro atoms. The maximum absolute atomic E-state index is 12.8. The van der Waals surface area contributed by atoms with E-state index in [2.05, 4.69) is 61.5 Å². The molecule has 0 bridgehead atoms. The number of aryl methyl sites for hydroxylation is 1. The van der Waals surface area contributed by atoms with Gasteiger partial charge >= 0.3 is 11.9 Å². The summed E-state index contributed by atoms with van der Waals surface area (Å²) in [5.41, 5.74) is 1.41. The van der Waals surface area contributed by atoms with Crippen LogP contribution in [0.5, 0.6) is 0 Å². The molecule has 334 valence electrons. The minimum absolute atomic E-state index is 0.0376. The van der Waals surface area contributed by atoms with Crippen molar-refractivity contribution in [2.45, 2.75) is 161 Å². The van der Waals surface area contributed by atoms with Crippen LogP contribution in [0.15, 0.2) is 54.6 Å². The summed E-state index contributed by atoms with van der Waals surface area (Å²) in [6, 6.07) is 20.1. The number of hydrogen-bond acceptors (Lipinski definition) is 8. The summed E-state index contributed by atoms with van der Waals surface area (Å²) >= 11 is 0. The number of unbranched alkanes of at least 4 members (excludes halogenated alkanes) is 18. The van der Waals surface area contributed by atoms with E-state index in [0.717, 1.165) is 64.2 Å². The van der Waals surface area contributed by atoms with Crippen molar-refractivity contribution in [2.75, 3.05) is 47.5 Å². The minimum atomic E-state index is -4.64. The molecule has 2 unspecified atom stereocenters. The average molecular weight is 850 g/mol. The predicted molar refractivity (Wildman–Crippen MR) is 244 cm³/mol. The minimum Gasteiger partial charge on any atom is -0.756 e. The molecule has 4 aromatic carbocycles. The maximum atomic E-state index is 12.8. The summed E-state index contributed by atoms with van der Waals surface area (Å²) in [6.07, 6.45) is 23.4. The van der Waals surface area contributed by atoms with Crippen LogP contribution < -0.4 is 4.89 Å². The van der Waals surface area contributed by atoms with Crippen molar-refractivity contribution in [3.05, 3.63) is 60.2 Å². The lowest BCUT2D eigenvalue weighted by atomic mass is 9.90. The van der Waals surface area contributed by atoms with E-state index in [1.165, 1.54) is 102 Å². The summed E-state index contributed by atoms with van der Waals surface area (Å²) in [7, 11) is 1.14. The van der Waals surface area contributed by atoms with Crippen LogP contribution in [0.25, 0.3) is 32.3 Å². The van der Waals surface area contributed by atoms with Gasteiger partial charge in [-0.15, -0.1) is 0 Å². The van der Waals surface area contributed by atoms with Gasteiger partial charge in [-0.25, -0.2) is 0 Å². The van der Waals surface area contributed by atoms with E-state index in [4.69, 9.17) is 18.5 Å². The largest absolute Gasteiger partial charge is 0.756 e. The van der Waals surface area contributed by atoms with E-state index in [1.54, 1.807) is 0 Å². The lowest BCUT2D eigenvalue weighted by Crippen LogP contribution is -2.37. The second-order valence-electron chi connectivity index (χ2n) is 17.9. The quantitative estimate of drug-likeness (QED) is 0.0150. The van der Waals surface area contributed by atoms with Crippen LogP contribution in [0.3, 0.4) is 0 Å². The molecule has 0 saturated carbocycles. The molecule has 0 amide bonds. The Morgan fingerprint density at radius 3 is 1.68 bits per heavy atom. The predicted octanol–water partition coefficient (Wildman–Crippen LogP) is 12.4. The first-order valence-corrected chi connectivity index (χ1v) is 24.8. The number of nitrogens with zero attached hydrogens (tertiary/aromatic N) is 1. The van der Waals surface area contributed by atoms with Crippen LogP contribution in [0.1, 0.15) is 154 Å². The van der Waals surface area contributed by atoms with Crippen molar-refractivity contribution in [2.24, 2.45) is 0 Å². The summed E-state index contributed by atoms with van der Waals surface area (Å²) in [5.74, 6) is -0.851. The molecule has 4 rings (SSSR count). The van der Waals surface area contributed by atoms with Crippen LogP contribution in [0.2, 0.25) is 0 Å². The molecule has 0 aliphatic heterocycles. The zero-order valence-corrected chi connectivity index (χ0v) is 38.4. The topological polar surface area (TPSA) is 111 Å². The molecule has 10 heteroatoms. The Bertz CT molecular complexity index is 1860. The van der Waals surface area contributed by atoms with E-state index >= 15 is 0 Å². The van der Waals surface area contributed by atoms with E-state index < -0.39 is 26.5 Å². The smallest absolute Gasteiger partial charge is 0.306 e. The highest BCUT2D eigenvalue weighted by molar-refractivity contribution is 7.45. The maximum Gasteiger partial charge on any atom is 0.306 e. The monoisotopic (exact) mass is 850 g/mol. The number of likely N-dealkylation sites (N-methyl/N-ethyl adjacent to an activating group) is 1. The number of carbonyl (C=O) groups is 2. The molecule has 0 fully saturated rings. The molecule has 4 aromatic rings. The fraction of sp³-hybridized carbons (Fsp3) is 0.640. The van der Waals surface area contributed by atoms with Gasteiger partial charge in [0.15, 0.2) is 6.10 Å². The molecule has 0 aliphatic carbocycles. The molecular weight excluding hydrogens is 774 g/mol. The fourth-order valence-electron chi connectivity index (χ4n) is 8.03. The Kier molecular flexibility index (Phi) is 22.4. The zero-order chi connectivity index (χ0) is 43.1. The Labute approximate surface area is 361 Å². The van der Waals surface area contributed by atoms with Gasteiger partial charge < -0.3 is 27.9 Å². The third kappa shape index (κ3) is 18.9. The summed E-state index contributed by atoms with van der Waals surface area (Å²) < 4.78 is 34.1. The van der Waals surface area contributed by atoms with E-state index in [-0.39, 0.29) is 32.0 Å². The van der Waals surface area contributed by atoms with Gasteiger partial charge in [-0.2, -0.15) is 0 Å². The standard InChI is InChI=1S/C50H76NO8P/c1-5-6-7-8-9-10-11-12-13-14-17-20-23-29-47(52)56-39-45(40-58-60(54,55)57-38-37-51(2,3)4)59-48(53)30-24-21-18-15-16-19-22-26-41-31-32-44-34-33-42-27-25-28-43-35-36-46(41)50(44)49(42)43/h25,27-28,31-36,45H,5-24,26,29-30,37-40H2,1-4H3. The number of hydrogen-bond donors (Lipinski definition) is 0. The number of phosphoric ester groups is 1. The number of benzene rings is 4. The number of rotatable bonds is 34. The van der Waals surface area contributed by atoms with Crippen molar-refractivity contribution in [1.82, 2.24) is 0 Å². The van der Waals surface area contributed by atoms with E-state index in [1.807, 2.05) is 21.1 Å². The van der Waals surface area contributed by atoms with Crippen molar-refractivity contribution >= 4 is 52.1 Å². The molecule has 2 atom stereocenters. The van der Waals surface area contributed by atoms with Crippen molar-refractivity contribution in [3.63, 3.8) is 0 Å². The molecule has 9 nitrogen and oxygen atoms in total. The van der Waals surface area contributed by atoms with Crippen LogP contribution in [-0.2, 0) is 39.1 Å². The van der Waals surface area contributed by atoms with Gasteiger partial charge in [0.2, 0.25) is 0 Å². The van der Waals surface area contributed by atoms with Gasteiger partial charge in [-0.1, -0.05) is 171 Å². The van der Waals surface area contributed by atoms with E-state index in [0.29, 0.717) is 17.4 Å². The molecule has 0 heterocycles. The number of carbonyl (C=O) groups excluding carboxylic acids is 2. The van der Waals surface area contributed by atoms with Crippen LogP contribution in [-0.4, -0.2) is 70.0 Å². The number of esters is 2. The van der Waals surface area contributed by atoms with Gasteiger partial charge in [-0.3, -0.25) is 14.2 Å². The highest BCUT2D eigenvalue weighted by atomic mass is 31.2. The molecule has 0 N–H and O–H groups in total. The lowest BCUT2D eigenvalue weighted by molar-refractivity contribution is -0.870. The Balaban J connectivity index is 1.10. The number of quaternary nitrogens is 1. The number of phosphoric acid groups is 1. The molecule has 0 radical (unpaired) electrons. The van der Waals surface area contributed by atoms with Crippen molar-refractivity contribution in [3.8, 4) is 0 Å². The molecule has 0 aromatic heterocycles.